The first kappa shape index (κ1) is 15.5. The molecule has 1 amide bonds. The number of amides is 1. The average Bonchev–Trinajstić information content (AvgIpc) is 2.36. The highest BCUT2D eigenvalue weighted by Gasteiger charge is 2.21. The van der Waals surface area contributed by atoms with Crippen molar-refractivity contribution in [1.82, 2.24) is 4.90 Å². The van der Waals surface area contributed by atoms with Crippen molar-refractivity contribution in [3.63, 3.8) is 0 Å². The van der Waals surface area contributed by atoms with Crippen molar-refractivity contribution in [2.45, 2.75) is 6.92 Å². The van der Waals surface area contributed by atoms with Crippen LogP contribution in [-0.2, 0) is 9.59 Å². The molecule has 0 heterocycles. The molecule has 2 N–H and O–H groups in total. The molecule has 0 saturated heterocycles. The molecule has 1 aromatic rings. The Balaban J connectivity index is 3.04. The summed E-state index contributed by atoms with van der Waals surface area (Å²) in [5.41, 5.74) is 0.988. The average molecular weight is 281 g/mol. The van der Waals surface area contributed by atoms with E-state index in [0.717, 1.165) is 10.5 Å². The minimum Gasteiger partial charge on any atom is -0.496 e. The highest BCUT2D eigenvalue weighted by molar-refractivity contribution is 5.97. The Bertz CT molecular complexity index is 524. The smallest absolute Gasteiger partial charge is 0.323 e. The van der Waals surface area contributed by atoms with E-state index in [1.165, 1.54) is 19.2 Å². The molecule has 1 aromatic carbocycles. The number of rotatable bonds is 6. The van der Waals surface area contributed by atoms with Gasteiger partial charge in [-0.3, -0.25) is 14.4 Å². The summed E-state index contributed by atoms with van der Waals surface area (Å²) in [4.78, 5) is 34.3. The van der Waals surface area contributed by atoms with Crippen LogP contribution in [0.1, 0.15) is 15.9 Å². The van der Waals surface area contributed by atoms with E-state index in [2.05, 4.69) is 0 Å². The van der Waals surface area contributed by atoms with Gasteiger partial charge in [0.05, 0.1) is 7.11 Å². The second kappa shape index (κ2) is 6.55. The first-order valence-electron chi connectivity index (χ1n) is 5.72. The maximum absolute atomic E-state index is 12.1. The monoisotopic (exact) mass is 281 g/mol. The van der Waals surface area contributed by atoms with Crippen LogP contribution in [0.3, 0.4) is 0 Å². The maximum Gasteiger partial charge on any atom is 0.323 e. The van der Waals surface area contributed by atoms with Gasteiger partial charge in [0.1, 0.15) is 18.8 Å². The molecule has 108 valence electrons. The first-order chi connectivity index (χ1) is 9.35. The van der Waals surface area contributed by atoms with Gasteiger partial charge in [0, 0.05) is 5.56 Å². The quantitative estimate of drug-likeness (QED) is 0.792. The number of hydrogen-bond acceptors (Lipinski definition) is 4. The minimum absolute atomic E-state index is 0.176. The molecule has 0 aliphatic rings. The molecule has 0 saturated carbocycles. The largest absolute Gasteiger partial charge is 0.496 e. The van der Waals surface area contributed by atoms with E-state index in [0.29, 0.717) is 5.75 Å². The van der Waals surface area contributed by atoms with Crippen molar-refractivity contribution in [3.05, 3.63) is 29.3 Å². The number of carboxylic acid groups (broad SMARTS) is 2. The lowest BCUT2D eigenvalue weighted by atomic mass is 10.1. The van der Waals surface area contributed by atoms with Crippen molar-refractivity contribution < 1.29 is 29.3 Å². The van der Waals surface area contributed by atoms with Gasteiger partial charge in [-0.05, 0) is 24.6 Å². The Morgan fingerprint density at radius 1 is 1.15 bits per heavy atom. The number of carboxylic acids is 2. The van der Waals surface area contributed by atoms with Gasteiger partial charge in [-0.25, -0.2) is 0 Å². The van der Waals surface area contributed by atoms with E-state index < -0.39 is 30.9 Å². The number of aliphatic carboxylic acids is 2. The molecule has 0 bridgehead atoms. The standard InChI is InChI=1S/C13H15NO6/c1-8-3-4-9(5-10(8)20-2)13(19)14(6-11(15)16)7-12(17)18/h3-5H,6-7H2,1-2H3,(H,15,16)(H,17,18). The summed E-state index contributed by atoms with van der Waals surface area (Å²) in [5, 5.41) is 17.5. The third kappa shape index (κ3) is 3.98. The van der Waals surface area contributed by atoms with E-state index >= 15 is 0 Å². The Morgan fingerprint density at radius 2 is 1.70 bits per heavy atom. The Kier molecular flexibility index (Phi) is 5.08. The Morgan fingerprint density at radius 3 is 2.15 bits per heavy atom. The molecule has 20 heavy (non-hydrogen) atoms. The number of methoxy groups -OCH3 is 1. The summed E-state index contributed by atoms with van der Waals surface area (Å²) in [6.07, 6.45) is 0. The fraction of sp³-hybridized carbons (Fsp3) is 0.308. The van der Waals surface area contributed by atoms with Crippen LogP contribution in [0.15, 0.2) is 18.2 Å². The van der Waals surface area contributed by atoms with Crippen molar-refractivity contribution in [3.8, 4) is 5.75 Å². The highest BCUT2D eigenvalue weighted by Crippen LogP contribution is 2.20. The molecule has 1 rings (SSSR count). The van der Waals surface area contributed by atoms with Gasteiger partial charge in [-0.1, -0.05) is 6.07 Å². The predicted molar refractivity (Wildman–Crippen MR) is 68.9 cm³/mol. The van der Waals surface area contributed by atoms with Crippen molar-refractivity contribution in [2.75, 3.05) is 20.2 Å². The van der Waals surface area contributed by atoms with E-state index in [9.17, 15) is 14.4 Å². The van der Waals surface area contributed by atoms with Crippen LogP contribution < -0.4 is 4.74 Å². The fourth-order valence-corrected chi connectivity index (χ4v) is 1.66. The molecule has 0 aliphatic carbocycles. The van der Waals surface area contributed by atoms with Crippen LogP contribution in [0.2, 0.25) is 0 Å². The molecule has 0 spiro atoms. The van der Waals surface area contributed by atoms with E-state index in [4.69, 9.17) is 14.9 Å². The summed E-state index contributed by atoms with van der Waals surface area (Å²) in [6.45, 7) is 0.433. The summed E-state index contributed by atoms with van der Waals surface area (Å²) >= 11 is 0. The van der Waals surface area contributed by atoms with E-state index in [-0.39, 0.29) is 5.56 Å². The van der Waals surface area contributed by atoms with E-state index in [1.807, 2.05) is 0 Å². The van der Waals surface area contributed by atoms with Gasteiger partial charge in [-0.2, -0.15) is 0 Å². The molecular weight excluding hydrogens is 266 g/mol. The van der Waals surface area contributed by atoms with Crippen molar-refractivity contribution in [2.24, 2.45) is 0 Å². The van der Waals surface area contributed by atoms with Crippen molar-refractivity contribution in [1.29, 1.82) is 0 Å². The molecule has 0 unspecified atom stereocenters. The second-order valence-electron chi connectivity index (χ2n) is 4.13. The van der Waals surface area contributed by atoms with Crippen LogP contribution in [-0.4, -0.2) is 53.2 Å². The zero-order valence-electron chi connectivity index (χ0n) is 11.1. The summed E-state index contributed by atoms with van der Waals surface area (Å²) in [7, 11) is 1.45. The normalized spacial score (nSPS) is 9.90. The highest BCUT2D eigenvalue weighted by atomic mass is 16.5. The lowest BCUT2D eigenvalue weighted by molar-refractivity contribution is -0.140. The topological polar surface area (TPSA) is 104 Å². The van der Waals surface area contributed by atoms with Crippen LogP contribution in [0.25, 0.3) is 0 Å². The van der Waals surface area contributed by atoms with Crippen molar-refractivity contribution >= 4 is 17.8 Å². The maximum atomic E-state index is 12.1. The minimum atomic E-state index is -1.28. The van der Waals surface area contributed by atoms with Gasteiger partial charge >= 0.3 is 11.9 Å². The SMILES string of the molecule is COc1cc(C(=O)N(CC(=O)O)CC(=O)O)ccc1C. The third-order valence-electron chi connectivity index (χ3n) is 2.59. The Labute approximate surface area is 115 Å². The molecule has 0 aromatic heterocycles. The number of nitrogens with zero attached hydrogens (tertiary/aromatic N) is 1. The predicted octanol–water partition coefficient (Wildman–Crippen LogP) is 0.615. The summed E-state index contributed by atoms with van der Waals surface area (Å²) in [6, 6.07) is 4.59. The molecule has 0 aliphatic heterocycles. The van der Waals surface area contributed by atoms with E-state index in [1.54, 1.807) is 13.0 Å². The van der Waals surface area contributed by atoms with Gasteiger partial charge in [0.15, 0.2) is 0 Å². The fourth-order valence-electron chi connectivity index (χ4n) is 1.66. The number of hydrogen-bond donors (Lipinski definition) is 2. The van der Waals surface area contributed by atoms with Crippen LogP contribution >= 0.6 is 0 Å². The molecule has 0 atom stereocenters. The third-order valence-corrected chi connectivity index (χ3v) is 2.59. The molecule has 7 nitrogen and oxygen atoms in total. The van der Waals surface area contributed by atoms with Gasteiger partial charge < -0.3 is 19.8 Å². The zero-order chi connectivity index (χ0) is 15.3. The number of carbonyl (C=O) groups excluding carboxylic acids is 1. The zero-order valence-corrected chi connectivity index (χ0v) is 11.1. The van der Waals surface area contributed by atoms with Gasteiger partial charge in [-0.15, -0.1) is 0 Å². The van der Waals surface area contributed by atoms with Gasteiger partial charge in [0.25, 0.3) is 5.91 Å². The number of ether oxygens (including phenoxy) is 1. The first-order valence-corrected chi connectivity index (χ1v) is 5.72. The molecular formula is C13H15NO6. The molecule has 0 fully saturated rings. The van der Waals surface area contributed by atoms with Crippen LogP contribution in [0, 0.1) is 6.92 Å². The van der Waals surface area contributed by atoms with Gasteiger partial charge in [0.2, 0.25) is 0 Å². The number of aryl methyl sites for hydroxylation is 1. The molecule has 0 radical (unpaired) electrons. The summed E-state index contributed by atoms with van der Waals surface area (Å²) < 4.78 is 5.07. The lowest BCUT2D eigenvalue weighted by Crippen LogP contribution is -2.39. The van der Waals surface area contributed by atoms with Crippen LogP contribution in [0.5, 0.6) is 5.75 Å². The second-order valence-corrected chi connectivity index (χ2v) is 4.13. The summed E-state index contributed by atoms with van der Waals surface area (Å²) in [5.74, 6) is -2.76. The Hall–Kier alpha value is -2.57. The van der Waals surface area contributed by atoms with Crippen LogP contribution in [0.4, 0.5) is 0 Å². The number of benzene rings is 1. The number of carbonyl (C=O) groups is 3. The lowest BCUT2D eigenvalue weighted by Gasteiger charge is -2.19. The molecule has 7 heteroatoms.